The number of rotatable bonds is 6. The van der Waals surface area contributed by atoms with Gasteiger partial charge in [-0.1, -0.05) is 36.4 Å². The van der Waals surface area contributed by atoms with Crippen molar-refractivity contribution in [3.05, 3.63) is 104 Å². The van der Waals surface area contributed by atoms with Crippen molar-refractivity contribution in [2.24, 2.45) is 7.05 Å². The Morgan fingerprint density at radius 3 is 2.14 bits per heavy atom. The van der Waals surface area contributed by atoms with Gasteiger partial charge in [-0.2, -0.15) is 0 Å². The maximum absolute atomic E-state index is 13.6. The molecule has 0 fully saturated rings. The molecule has 1 unspecified atom stereocenters. The van der Waals surface area contributed by atoms with Gasteiger partial charge in [0.1, 0.15) is 11.7 Å². The fourth-order valence-corrected chi connectivity index (χ4v) is 5.07. The van der Waals surface area contributed by atoms with Crippen molar-refractivity contribution in [1.82, 2.24) is 14.3 Å². The predicted molar refractivity (Wildman–Crippen MR) is 133 cm³/mol. The molecule has 9 heteroatoms. The Morgan fingerprint density at radius 1 is 0.914 bits per heavy atom. The second-order valence-corrected chi connectivity index (χ2v) is 9.28. The van der Waals surface area contributed by atoms with Gasteiger partial charge < -0.3 is 5.32 Å². The van der Waals surface area contributed by atoms with Gasteiger partial charge in [-0.15, -0.1) is 11.3 Å². The van der Waals surface area contributed by atoms with Crippen molar-refractivity contribution in [3.8, 4) is 5.69 Å². The number of nitrogens with one attached hydrogen (secondary N) is 1. The highest BCUT2D eigenvalue weighted by atomic mass is 32.1. The van der Waals surface area contributed by atoms with Crippen LogP contribution >= 0.6 is 11.3 Å². The van der Waals surface area contributed by atoms with Crippen LogP contribution in [0.1, 0.15) is 31.3 Å². The molecular formula is C26H22N4O4S. The summed E-state index contributed by atoms with van der Waals surface area (Å²) in [7, 11) is 1.73. The highest BCUT2D eigenvalue weighted by Crippen LogP contribution is 2.27. The highest BCUT2D eigenvalue weighted by molar-refractivity contribution is 7.09. The van der Waals surface area contributed by atoms with E-state index in [1.807, 2.05) is 35.7 Å². The minimum Gasteiger partial charge on any atom is -0.318 e. The molecular weight excluding hydrogens is 464 g/mol. The number of imide groups is 1. The second kappa shape index (κ2) is 8.84. The standard InChI is InChI=1S/C26H22N4O4S/c1-16-22(26(34)30(28(16)2)17-9-4-3-5-10-17)27-23(31)21(15-18-11-8-14-35-18)29-24(32)19-12-6-7-13-20(19)25(29)33/h3-14,21H,15H2,1-2H3,(H,27,31). The van der Waals surface area contributed by atoms with Gasteiger partial charge in [-0.05, 0) is 42.6 Å². The van der Waals surface area contributed by atoms with Crippen molar-refractivity contribution in [2.75, 3.05) is 5.32 Å². The van der Waals surface area contributed by atoms with E-state index in [2.05, 4.69) is 5.32 Å². The fourth-order valence-electron chi connectivity index (χ4n) is 4.33. The van der Waals surface area contributed by atoms with Crippen LogP contribution in [-0.4, -0.2) is 38.0 Å². The molecule has 0 radical (unpaired) electrons. The summed E-state index contributed by atoms with van der Waals surface area (Å²) in [5.74, 6) is -1.64. The molecule has 3 heterocycles. The zero-order valence-electron chi connectivity index (χ0n) is 19.1. The van der Waals surface area contributed by atoms with Crippen LogP contribution in [0.25, 0.3) is 5.69 Å². The first-order chi connectivity index (χ1) is 16.9. The van der Waals surface area contributed by atoms with Gasteiger partial charge in [0.25, 0.3) is 17.4 Å². The van der Waals surface area contributed by atoms with E-state index in [0.29, 0.717) is 11.4 Å². The zero-order valence-corrected chi connectivity index (χ0v) is 19.9. The SMILES string of the molecule is Cc1c(NC(=O)C(Cc2cccs2)N2C(=O)c3ccccc3C2=O)c(=O)n(-c2ccccc2)n1C. The smallest absolute Gasteiger partial charge is 0.295 e. The van der Waals surface area contributed by atoms with Crippen LogP contribution in [0.5, 0.6) is 0 Å². The van der Waals surface area contributed by atoms with Gasteiger partial charge in [0, 0.05) is 18.3 Å². The number of anilines is 1. The number of amides is 3. The Morgan fingerprint density at radius 2 is 1.54 bits per heavy atom. The first-order valence-electron chi connectivity index (χ1n) is 11.0. The molecule has 0 saturated carbocycles. The van der Waals surface area contributed by atoms with Crippen LogP contribution in [-0.2, 0) is 18.3 Å². The monoisotopic (exact) mass is 486 g/mol. The summed E-state index contributed by atoms with van der Waals surface area (Å²) in [5.41, 5.74) is 1.44. The minimum absolute atomic E-state index is 0.106. The van der Waals surface area contributed by atoms with Gasteiger partial charge in [-0.3, -0.25) is 28.8 Å². The lowest BCUT2D eigenvalue weighted by Gasteiger charge is -2.25. The van der Waals surface area contributed by atoms with Crippen molar-refractivity contribution in [2.45, 2.75) is 19.4 Å². The Kier molecular flexibility index (Phi) is 5.70. The zero-order chi connectivity index (χ0) is 24.7. The second-order valence-electron chi connectivity index (χ2n) is 8.25. The number of nitrogens with zero attached hydrogens (tertiary/aromatic N) is 3. The molecule has 8 nitrogen and oxygen atoms in total. The van der Waals surface area contributed by atoms with Crippen LogP contribution in [0, 0.1) is 6.92 Å². The topological polar surface area (TPSA) is 93.4 Å². The van der Waals surface area contributed by atoms with Crippen molar-refractivity contribution in [1.29, 1.82) is 0 Å². The number of hydrogen-bond donors (Lipinski definition) is 1. The molecule has 2 aromatic carbocycles. The van der Waals surface area contributed by atoms with E-state index in [-0.39, 0.29) is 23.2 Å². The summed E-state index contributed by atoms with van der Waals surface area (Å²) < 4.78 is 3.12. The lowest BCUT2D eigenvalue weighted by molar-refractivity contribution is -0.119. The van der Waals surface area contributed by atoms with Crippen molar-refractivity contribution >= 4 is 34.7 Å². The third-order valence-corrected chi connectivity index (χ3v) is 7.12. The van der Waals surface area contributed by atoms with Gasteiger partial charge in [-0.25, -0.2) is 4.68 Å². The van der Waals surface area contributed by atoms with E-state index in [0.717, 1.165) is 9.78 Å². The summed E-state index contributed by atoms with van der Waals surface area (Å²) in [5, 5.41) is 4.60. The summed E-state index contributed by atoms with van der Waals surface area (Å²) in [4.78, 5) is 55.1. The predicted octanol–water partition coefficient (Wildman–Crippen LogP) is 3.39. The number of carbonyl (C=O) groups is 3. The Balaban J connectivity index is 1.52. The van der Waals surface area contributed by atoms with Gasteiger partial charge in [0.2, 0.25) is 5.91 Å². The quantitative estimate of drug-likeness (QED) is 0.423. The number of para-hydroxylation sites is 1. The third-order valence-electron chi connectivity index (χ3n) is 6.22. The molecule has 0 spiro atoms. The number of fused-ring (bicyclic) bond motifs is 1. The molecule has 1 N–H and O–H groups in total. The lowest BCUT2D eigenvalue weighted by atomic mass is 10.1. The molecule has 1 aliphatic rings. The van der Waals surface area contributed by atoms with Crippen molar-refractivity contribution < 1.29 is 14.4 Å². The summed E-state index contributed by atoms with van der Waals surface area (Å²) in [6.07, 6.45) is 0.147. The maximum Gasteiger partial charge on any atom is 0.295 e. The summed E-state index contributed by atoms with van der Waals surface area (Å²) in [6.45, 7) is 1.73. The molecule has 1 atom stereocenters. The van der Waals surface area contributed by atoms with E-state index >= 15 is 0 Å². The molecule has 0 saturated heterocycles. The summed E-state index contributed by atoms with van der Waals surface area (Å²) in [6, 6.07) is 18.2. The van der Waals surface area contributed by atoms with Crippen molar-refractivity contribution in [3.63, 3.8) is 0 Å². The van der Waals surface area contributed by atoms with Gasteiger partial charge in [0.15, 0.2) is 0 Å². The number of hydrogen-bond acceptors (Lipinski definition) is 5. The Hall–Kier alpha value is -4.24. The first kappa shape index (κ1) is 22.5. The molecule has 176 valence electrons. The molecule has 5 rings (SSSR count). The normalized spacial score (nSPS) is 13.7. The fraction of sp³-hybridized carbons (Fsp3) is 0.154. The number of carbonyl (C=O) groups excluding carboxylic acids is 3. The summed E-state index contributed by atoms with van der Waals surface area (Å²) >= 11 is 1.43. The van der Waals surface area contributed by atoms with Crippen LogP contribution in [0.2, 0.25) is 0 Å². The average Bonchev–Trinajstić information content (AvgIpc) is 3.53. The average molecular weight is 487 g/mol. The highest BCUT2D eigenvalue weighted by Gasteiger charge is 2.43. The van der Waals surface area contributed by atoms with E-state index in [4.69, 9.17) is 0 Å². The van der Waals surface area contributed by atoms with Crippen LogP contribution < -0.4 is 10.9 Å². The van der Waals surface area contributed by atoms with E-state index < -0.39 is 29.3 Å². The number of thiophene rings is 1. The molecule has 0 bridgehead atoms. The van der Waals surface area contributed by atoms with Crippen LogP contribution in [0.15, 0.2) is 76.9 Å². The van der Waals surface area contributed by atoms with E-state index in [1.165, 1.54) is 16.0 Å². The molecule has 1 aliphatic heterocycles. The third kappa shape index (κ3) is 3.79. The lowest BCUT2D eigenvalue weighted by Crippen LogP contribution is -2.48. The van der Waals surface area contributed by atoms with Gasteiger partial charge in [0.05, 0.1) is 22.5 Å². The van der Waals surface area contributed by atoms with Crippen LogP contribution in [0.4, 0.5) is 5.69 Å². The molecule has 4 aromatic rings. The molecule has 35 heavy (non-hydrogen) atoms. The largest absolute Gasteiger partial charge is 0.318 e. The Bertz CT molecular complexity index is 1470. The van der Waals surface area contributed by atoms with E-state index in [1.54, 1.807) is 55.1 Å². The number of aromatic nitrogens is 2. The molecule has 3 amide bonds. The molecule has 2 aromatic heterocycles. The Labute approximate surface area is 205 Å². The van der Waals surface area contributed by atoms with Gasteiger partial charge >= 0.3 is 0 Å². The first-order valence-corrected chi connectivity index (χ1v) is 11.9. The van der Waals surface area contributed by atoms with E-state index in [9.17, 15) is 19.2 Å². The number of benzene rings is 2. The molecule has 0 aliphatic carbocycles. The maximum atomic E-state index is 13.6. The minimum atomic E-state index is -1.12. The van der Waals surface area contributed by atoms with Crippen LogP contribution in [0.3, 0.4) is 0 Å².